The van der Waals surface area contributed by atoms with Crippen molar-refractivity contribution in [2.75, 3.05) is 4.90 Å². The van der Waals surface area contributed by atoms with Gasteiger partial charge in [0.2, 0.25) is 0 Å². The molecule has 0 atom stereocenters. The van der Waals surface area contributed by atoms with Crippen LogP contribution in [0.4, 0.5) is 17.1 Å². The van der Waals surface area contributed by atoms with E-state index in [0.717, 1.165) is 34.0 Å². The molecular formula is C52H35N3. The second kappa shape index (κ2) is 12.6. The van der Waals surface area contributed by atoms with Crippen LogP contribution in [0.2, 0.25) is 0 Å². The molecule has 0 aliphatic carbocycles. The minimum absolute atomic E-state index is 1.10. The Morgan fingerprint density at radius 3 is 1.51 bits per heavy atom. The first-order valence-corrected chi connectivity index (χ1v) is 18.9. The summed E-state index contributed by atoms with van der Waals surface area (Å²) in [6.45, 7) is 0. The monoisotopic (exact) mass is 701 g/mol. The summed E-state index contributed by atoms with van der Waals surface area (Å²) in [5.41, 5.74) is 12.8. The Morgan fingerprint density at radius 1 is 0.327 bits per heavy atom. The molecule has 0 aliphatic heterocycles. The van der Waals surface area contributed by atoms with Crippen molar-refractivity contribution in [3.63, 3.8) is 0 Å². The maximum absolute atomic E-state index is 2.44. The maximum atomic E-state index is 2.44. The van der Waals surface area contributed by atoms with Crippen molar-refractivity contribution >= 4 is 71.4 Å². The molecule has 2 heterocycles. The molecule has 0 saturated heterocycles. The van der Waals surface area contributed by atoms with Gasteiger partial charge in [0.1, 0.15) is 0 Å². The summed E-state index contributed by atoms with van der Waals surface area (Å²) in [6, 6.07) is 76.9. The normalized spacial score (nSPS) is 11.6. The van der Waals surface area contributed by atoms with Crippen LogP contribution in [-0.4, -0.2) is 9.13 Å². The molecule has 0 bridgehead atoms. The number of rotatable bonds is 6. The number of aromatic nitrogens is 2. The Balaban J connectivity index is 1.19. The number of hydrogen-bond acceptors (Lipinski definition) is 1. The van der Waals surface area contributed by atoms with E-state index in [1.54, 1.807) is 0 Å². The first-order valence-electron chi connectivity index (χ1n) is 18.9. The van der Waals surface area contributed by atoms with E-state index in [0.29, 0.717) is 0 Å². The quantitative estimate of drug-likeness (QED) is 0.168. The van der Waals surface area contributed by atoms with E-state index >= 15 is 0 Å². The van der Waals surface area contributed by atoms with Crippen molar-refractivity contribution in [2.45, 2.75) is 0 Å². The van der Waals surface area contributed by atoms with E-state index in [1.165, 1.54) is 59.9 Å². The fraction of sp³-hybridized carbons (Fsp3) is 0. The van der Waals surface area contributed by atoms with Crippen LogP contribution in [0.25, 0.3) is 76.9 Å². The summed E-state index contributed by atoms with van der Waals surface area (Å²) in [5.74, 6) is 0. The molecule has 0 N–H and O–H groups in total. The van der Waals surface area contributed by atoms with Gasteiger partial charge in [-0.25, -0.2) is 0 Å². The van der Waals surface area contributed by atoms with E-state index in [1.807, 2.05) is 0 Å². The van der Waals surface area contributed by atoms with E-state index in [9.17, 15) is 0 Å². The highest BCUT2D eigenvalue weighted by Gasteiger charge is 2.21. The molecule has 55 heavy (non-hydrogen) atoms. The van der Waals surface area contributed by atoms with Crippen molar-refractivity contribution in [1.29, 1.82) is 0 Å². The van der Waals surface area contributed by atoms with Gasteiger partial charge in [-0.2, -0.15) is 0 Å². The molecule has 0 radical (unpaired) electrons. The van der Waals surface area contributed by atoms with Crippen molar-refractivity contribution in [1.82, 2.24) is 9.13 Å². The molecule has 0 unspecified atom stereocenters. The third kappa shape index (κ3) is 4.98. The van der Waals surface area contributed by atoms with Gasteiger partial charge in [-0.1, -0.05) is 140 Å². The molecular weight excluding hydrogens is 667 g/mol. The molecule has 11 aromatic rings. The van der Waals surface area contributed by atoms with Crippen LogP contribution in [0.15, 0.2) is 212 Å². The van der Waals surface area contributed by atoms with Crippen LogP contribution in [0, 0.1) is 0 Å². The molecule has 0 fully saturated rings. The van der Waals surface area contributed by atoms with Gasteiger partial charge in [-0.3, -0.25) is 0 Å². The van der Waals surface area contributed by atoms with Crippen molar-refractivity contribution in [3.05, 3.63) is 212 Å². The summed E-state index contributed by atoms with van der Waals surface area (Å²) in [5, 5.41) is 7.39. The second-order valence-corrected chi connectivity index (χ2v) is 14.2. The Hall–Kier alpha value is -7.36. The molecule has 0 amide bonds. The molecule has 0 aliphatic rings. The van der Waals surface area contributed by atoms with Gasteiger partial charge < -0.3 is 14.0 Å². The summed E-state index contributed by atoms with van der Waals surface area (Å²) in [4.78, 5) is 2.37. The number of anilines is 3. The predicted molar refractivity (Wildman–Crippen MR) is 233 cm³/mol. The van der Waals surface area contributed by atoms with Gasteiger partial charge >= 0.3 is 0 Å². The third-order valence-electron chi connectivity index (χ3n) is 11.1. The maximum Gasteiger partial charge on any atom is 0.0621 e. The molecule has 0 saturated carbocycles. The van der Waals surface area contributed by atoms with Crippen LogP contribution in [0.3, 0.4) is 0 Å². The highest BCUT2D eigenvalue weighted by Crippen LogP contribution is 2.44. The number of nitrogens with zero attached hydrogens (tertiary/aromatic N) is 3. The number of para-hydroxylation sites is 5. The smallest absolute Gasteiger partial charge is 0.0621 e. The average molecular weight is 702 g/mol. The van der Waals surface area contributed by atoms with Gasteiger partial charge in [0.05, 0.1) is 27.8 Å². The molecule has 0 spiro atoms. The molecule has 258 valence electrons. The Bertz CT molecular complexity index is 3130. The van der Waals surface area contributed by atoms with E-state index in [2.05, 4.69) is 226 Å². The zero-order chi connectivity index (χ0) is 36.3. The van der Waals surface area contributed by atoms with Crippen LogP contribution in [0.1, 0.15) is 0 Å². The summed E-state index contributed by atoms with van der Waals surface area (Å²) < 4.78 is 4.88. The number of hydrogen-bond donors (Lipinski definition) is 0. The molecule has 9 aromatic carbocycles. The van der Waals surface area contributed by atoms with Crippen molar-refractivity contribution in [3.8, 4) is 22.5 Å². The first kappa shape index (κ1) is 31.2. The van der Waals surface area contributed by atoms with Gasteiger partial charge in [0.15, 0.2) is 0 Å². The lowest BCUT2D eigenvalue weighted by molar-refractivity contribution is 1.17. The molecule has 3 nitrogen and oxygen atoms in total. The largest absolute Gasteiger partial charge is 0.310 e. The Labute approximate surface area is 319 Å². The van der Waals surface area contributed by atoms with Gasteiger partial charge in [-0.15, -0.1) is 0 Å². The van der Waals surface area contributed by atoms with Crippen LogP contribution in [0.5, 0.6) is 0 Å². The summed E-state index contributed by atoms with van der Waals surface area (Å²) >= 11 is 0. The van der Waals surface area contributed by atoms with Crippen LogP contribution in [-0.2, 0) is 0 Å². The SMILES string of the molecule is c1ccc(N(c2ccc(-c3cc(-n4c5ccccc5c5ccccc54)cc4c5ccccc5n(-c5ccccc5)c34)cc2)c2cccc3ccccc23)cc1. The number of fused-ring (bicyclic) bond motifs is 7. The van der Waals surface area contributed by atoms with Crippen molar-refractivity contribution in [2.24, 2.45) is 0 Å². The average Bonchev–Trinajstić information content (AvgIpc) is 3.78. The van der Waals surface area contributed by atoms with Gasteiger partial charge in [-0.05, 0) is 83.7 Å². The van der Waals surface area contributed by atoms with E-state index in [4.69, 9.17) is 0 Å². The first-order chi connectivity index (χ1) is 27.3. The predicted octanol–water partition coefficient (Wildman–Crippen LogP) is 14.2. The summed E-state index contributed by atoms with van der Waals surface area (Å²) in [7, 11) is 0. The van der Waals surface area contributed by atoms with Crippen LogP contribution >= 0.6 is 0 Å². The minimum Gasteiger partial charge on any atom is -0.310 e. The lowest BCUT2D eigenvalue weighted by Gasteiger charge is -2.27. The highest BCUT2D eigenvalue weighted by molar-refractivity contribution is 6.16. The zero-order valence-corrected chi connectivity index (χ0v) is 30.0. The second-order valence-electron chi connectivity index (χ2n) is 14.2. The van der Waals surface area contributed by atoms with E-state index < -0.39 is 0 Å². The topological polar surface area (TPSA) is 13.1 Å². The fourth-order valence-corrected chi connectivity index (χ4v) is 8.68. The van der Waals surface area contributed by atoms with Gasteiger partial charge in [0.25, 0.3) is 0 Å². The van der Waals surface area contributed by atoms with Gasteiger partial charge in [0, 0.05) is 55.2 Å². The highest BCUT2D eigenvalue weighted by atomic mass is 15.1. The number of benzene rings is 9. The van der Waals surface area contributed by atoms with Crippen LogP contribution < -0.4 is 4.90 Å². The van der Waals surface area contributed by atoms with Crippen molar-refractivity contribution < 1.29 is 0 Å². The third-order valence-corrected chi connectivity index (χ3v) is 11.1. The summed E-state index contributed by atoms with van der Waals surface area (Å²) in [6.07, 6.45) is 0. The lowest BCUT2D eigenvalue weighted by atomic mass is 9.99. The fourth-order valence-electron chi connectivity index (χ4n) is 8.68. The molecule has 2 aromatic heterocycles. The molecule has 3 heteroatoms. The molecule has 11 rings (SSSR count). The van der Waals surface area contributed by atoms with E-state index in [-0.39, 0.29) is 0 Å². The Morgan fingerprint density at radius 2 is 0.836 bits per heavy atom. The minimum atomic E-state index is 1.10. The lowest BCUT2D eigenvalue weighted by Crippen LogP contribution is -2.10. The zero-order valence-electron chi connectivity index (χ0n) is 30.0. The Kier molecular flexibility index (Phi) is 7.17. The standard InChI is InChI=1S/C52H35N3/c1-3-18-38(19-4-1)53(48-29-15-17-36-16-7-8-22-42(36)48)40-32-30-37(31-33-40)46-34-41(54-49-26-12-9-23-43(49)44-24-10-13-27-50(44)54)35-47-45-25-11-14-28-51(45)55(52(46)47)39-20-5-2-6-21-39/h1-35H.